The third kappa shape index (κ3) is 4.43. The molecule has 2 aliphatic rings. The summed E-state index contributed by atoms with van der Waals surface area (Å²) in [5, 5.41) is 10.5. The van der Waals surface area contributed by atoms with E-state index in [1.165, 1.54) is 18.2 Å². The summed E-state index contributed by atoms with van der Waals surface area (Å²) in [7, 11) is 0. The molecule has 1 N–H and O–H groups in total. The first-order valence-electron chi connectivity index (χ1n) is 9.88. The smallest absolute Gasteiger partial charge is 0.267 e. The molecule has 1 heterocycles. The van der Waals surface area contributed by atoms with Crippen LogP contribution in [0.4, 0.5) is 5.69 Å². The molecule has 1 amide bonds. The third-order valence-electron chi connectivity index (χ3n) is 5.49. The van der Waals surface area contributed by atoms with Crippen LogP contribution in [0.25, 0.3) is 6.08 Å². The van der Waals surface area contributed by atoms with Crippen molar-refractivity contribution >= 4 is 50.5 Å². The van der Waals surface area contributed by atoms with Gasteiger partial charge in [-0.15, -0.1) is 0 Å². The van der Waals surface area contributed by atoms with E-state index in [0.717, 1.165) is 35.7 Å². The quantitative estimate of drug-likeness (QED) is 0.532. The molecule has 29 heavy (non-hydrogen) atoms. The molecule has 0 bridgehead atoms. The Hall–Kier alpha value is -2.05. The molecule has 1 saturated heterocycles. The average Bonchev–Trinajstić information content (AvgIpc) is 3.01. The molecule has 2 atom stereocenters. The average molecular weight is 471 g/mol. The number of hydrogen-bond acceptors (Lipinski definition) is 4. The second-order valence-electron chi connectivity index (χ2n) is 7.56. The lowest BCUT2D eigenvalue weighted by atomic mass is 9.85. The van der Waals surface area contributed by atoms with Crippen molar-refractivity contribution in [3.8, 4) is 5.75 Å². The van der Waals surface area contributed by atoms with E-state index >= 15 is 0 Å². The number of nitrogens with zero attached hydrogens (tertiary/aromatic N) is 2. The van der Waals surface area contributed by atoms with Crippen LogP contribution in [-0.2, 0) is 4.79 Å². The summed E-state index contributed by atoms with van der Waals surface area (Å²) in [6.45, 7) is 2.24. The zero-order chi connectivity index (χ0) is 20.4. The highest BCUT2D eigenvalue weighted by atomic mass is 79.9. The lowest BCUT2D eigenvalue weighted by molar-refractivity contribution is -0.124. The van der Waals surface area contributed by atoms with Gasteiger partial charge in [0, 0.05) is 6.04 Å². The third-order valence-corrected chi connectivity index (χ3v) is 7.10. The first-order chi connectivity index (χ1) is 14.0. The Balaban J connectivity index is 1.72. The van der Waals surface area contributed by atoms with Gasteiger partial charge in [0.25, 0.3) is 5.91 Å². The van der Waals surface area contributed by atoms with E-state index in [0.29, 0.717) is 15.3 Å². The largest absolute Gasteiger partial charge is 0.507 e. The zero-order valence-electron chi connectivity index (χ0n) is 16.2. The minimum Gasteiger partial charge on any atom is -0.507 e. The summed E-state index contributed by atoms with van der Waals surface area (Å²) < 4.78 is 0.609. The first-order valence-corrected chi connectivity index (χ1v) is 11.5. The molecular formula is C23H23BrN2O2S. The van der Waals surface area contributed by atoms with Crippen molar-refractivity contribution in [3.05, 3.63) is 63.5 Å². The first kappa shape index (κ1) is 20.2. The van der Waals surface area contributed by atoms with E-state index in [2.05, 4.69) is 22.9 Å². The van der Waals surface area contributed by atoms with Crippen LogP contribution in [0.5, 0.6) is 5.75 Å². The van der Waals surface area contributed by atoms with Gasteiger partial charge in [-0.05, 0) is 82.4 Å². The normalized spacial score (nSPS) is 25.2. The lowest BCUT2D eigenvalue weighted by Crippen LogP contribution is -2.44. The van der Waals surface area contributed by atoms with Crippen LogP contribution in [0.2, 0.25) is 0 Å². The summed E-state index contributed by atoms with van der Waals surface area (Å²) in [6.07, 6.45) is 6.40. The van der Waals surface area contributed by atoms with Gasteiger partial charge in [-0.2, -0.15) is 0 Å². The number of halogens is 1. The van der Waals surface area contributed by atoms with Gasteiger partial charge >= 0.3 is 0 Å². The molecule has 6 heteroatoms. The number of benzene rings is 2. The number of amides is 1. The van der Waals surface area contributed by atoms with Crippen LogP contribution in [0.3, 0.4) is 0 Å². The number of thioether (sulfide) groups is 1. The molecule has 2 aromatic rings. The number of phenols is 1. The fourth-order valence-corrected chi connectivity index (χ4v) is 5.36. The van der Waals surface area contributed by atoms with Crippen LogP contribution in [0.1, 0.15) is 38.2 Å². The van der Waals surface area contributed by atoms with Crippen LogP contribution in [0.15, 0.2) is 62.9 Å². The highest BCUT2D eigenvalue weighted by molar-refractivity contribution is 9.10. The zero-order valence-corrected chi connectivity index (χ0v) is 18.6. The van der Waals surface area contributed by atoms with Gasteiger partial charge in [-0.1, -0.05) is 44.0 Å². The summed E-state index contributed by atoms with van der Waals surface area (Å²) in [5.41, 5.74) is 1.72. The fraction of sp³-hybridized carbons (Fsp3) is 0.304. The maximum atomic E-state index is 13.4. The van der Waals surface area contributed by atoms with Crippen molar-refractivity contribution in [2.75, 3.05) is 0 Å². The van der Waals surface area contributed by atoms with Crippen molar-refractivity contribution in [3.63, 3.8) is 0 Å². The molecular weight excluding hydrogens is 448 g/mol. The Morgan fingerprint density at radius 2 is 1.93 bits per heavy atom. The second kappa shape index (κ2) is 8.76. The highest BCUT2D eigenvalue weighted by Crippen LogP contribution is 2.40. The van der Waals surface area contributed by atoms with Crippen LogP contribution < -0.4 is 0 Å². The molecule has 150 valence electrons. The summed E-state index contributed by atoms with van der Waals surface area (Å²) in [4.78, 5) is 20.8. The molecule has 4 rings (SSSR count). The maximum absolute atomic E-state index is 13.4. The minimum atomic E-state index is 0.0210. The van der Waals surface area contributed by atoms with Gasteiger partial charge in [0.15, 0.2) is 5.17 Å². The monoisotopic (exact) mass is 470 g/mol. The van der Waals surface area contributed by atoms with Crippen molar-refractivity contribution in [1.82, 2.24) is 4.90 Å². The number of phenolic OH excluding ortho intramolecular Hbond substituents is 1. The van der Waals surface area contributed by atoms with Gasteiger partial charge < -0.3 is 5.11 Å². The molecule has 0 unspecified atom stereocenters. The Morgan fingerprint density at radius 1 is 1.17 bits per heavy atom. The summed E-state index contributed by atoms with van der Waals surface area (Å²) >= 11 is 4.78. The number of aromatic hydroxyl groups is 1. The molecule has 0 spiro atoms. The molecule has 1 aliphatic carbocycles. The summed E-state index contributed by atoms with van der Waals surface area (Å²) in [6, 6.07) is 15.2. The van der Waals surface area contributed by atoms with E-state index in [1.54, 1.807) is 12.1 Å². The number of carbonyl (C=O) groups excluding carboxylic acids is 1. The predicted molar refractivity (Wildman–Crippen MR) is 123 cm³/mol. The fourth-order valence-electron chi connectivity index (χ4n) is 3.91. The van der Waals surface area contributed by atoms with E-state index in [9.17, 15) is 9.90 Å². The summed E-state index contributed by atoms with van der Waals surface area (Å²) in [5.74, 6) is 0.658. The van der Waals surface area contributed by atoms with Gasteiger partial charge in [0.05, 0.1) is 15.1 Å². The van der Waals surface area contributed by atoms with E-state index in [-0.39, 0.29) is 17.7 Å². The van der Waals surface area contributed by atoms with Crippen molar-refractivity contribution in [1.29, 1.82) is 0 Å². The van der Waals surface area contributed by atoms with Gasteiger partial charge in [-0.25, -0.2) is 4.99 Å². The van der Waals surface area contributed by atoms with E-state index < -0.39 is 0 Å². The number of amidine groups is 1. The Labute approximate surface area is 183 Å². The molecule has 4 nitrogen and oxygen atoms in total. The van der Waals surface area contributed by atoms with Crippen molar-refractivity contribution < 1.29 is 9.90 Å². The topological polar surface area (TPSA) is 52.9 Å². The molecule has 0 aromatic heterocycles. The Kier molecular flexibility index (Phi) is 6.11. The molecule has 1 saturated carbocycles. The molecule has 2 fully saturated rings. The highest BCUT2D eigenvalue weighted by Gasteiger charge is 2.41. The van der Waals surface area contributed by atoms with Crippen molar-refractivity contribution in [2.24, 2.45) is 10.9 Å². The SMILES string of the molecule is C[C@H]1CCCC[C@H]1N1C(=O)/C(=C/c2ccc(O)c(Br)c2)SC1=Nc1ccccc1. The van der Waals surface area contributed by atoms with Gasteiger partial charge in [0.1, 0.15) is 5.75 Å². The number of aliphatic imine (C=N–C) groups is 1. The van der Waals surface area contributed by atoms with Crippen LogP contribution in [-0.4, -0.2) is 27.1 Å². The van der Waals surface area contributed by atoms with Gasteiger partial charge in [-0.3, -0.25) is 9.69 Å². The lowest BCUT2D eigenvalue weighted by Gasteiger charge is -2.35. The number of para-hydroxylation sites is 1. The second-order valence-corrected chi connectivity index (χ2v) is 9.42. The minimum absolute atomic E-state index is 0.0210. The molecule has 0 radical (unpaired) electrons. The Bertz CT molecular complexity index is 974. The van der Waals surface area contributed by atoms with E-state index in [1.807, 2.05) is 47.4 Å². The number of rotatable bonds is 3. The Morgan fingerprint density at radius 3 is 2.66 bits per heavy atom. The van der Waals surface area contributed by atoms with Crippen LogP contribution >= 0.6 is 27.7 Å². The van der Waals surface area contributed by atoms with E-state index in [4.69, 9.17) is 4.99 Å². The molecule has 2 aromatic carbocycles. The number of carbonyl (C=O) groups is 1. The standard InChI is InChI=1S/C23H23BrN2O2S/c1-15-7-5-6-10-19(15)26-22(28)21(14-16-11-12-20(27)18(24)13-16)29-23(26)25-17-8-3-2-4-9-17/h2-4,8-9,11-15,19,27H,5-7,10H2,1H3/b21-14-,25-23?/t15-,19+/m0/s1. The molecule has 1 aliphatic heterocycles. The van der Waals surface area contributed by atoms with Crippen molar-refractivity contribution in [2.45, 2.75) is 38.6 Å². The maximum Gasteiger partial charge on any atom is 0.267 e. The predicted octanol–water partition coefficient (Wildman–Crippen LogP) is 6.34. The van der Waals surface area contributed by atoms with Crippen LogP contribution in [0, 0.1) is 5.92 Å². The number of hydrogen-bond donors (Lipinski definition) is 1. The van der Waals surface area contributed by atoms with Gasteiger partial charge in [0.2, 0.25) is 0 Å².